The van der Waals surface area contributed by atoms with Crippen LogP contribution >= 0.6 is 0 Å². The molecule has 5 N–H and O–H groups in total. The number of carbonyl (C=O) groups excluding carboxylic acids is 1. The van der Waals surface area contributed by atoms with E-state index in [0.29, 0.717) is 5.56 Å². The second kappa shape index (κ2) is 4.40. The van der Waals surface area contributed by atoms with Gasteiger partial charge in [0.2, 0.25) is 5.91 Å². The maximum absolute atomic E-state index is 11.1. The smallest absolute Gasteiger partial charge is 0.237 e. The van der Waals surface area contributed by atoms with Crippen molar-refractivity contribution >= 4 is 16.7 Å². The second-order valence-corrected chi connectivity index (χ2v) is 4.59. The van der Waals surface area contributed by atoms with Gasteiger partial charge in [-0.25, -0.2) is 0 Å². The van der Waals surface area contributed by atoms with Crippen LogP contribution in [0.1, 0.15) is 12.5 Å². The normalized spacial score (nSPS) is 16.2. The summed E-state index contributed by atoms with van der Waals surface area (Å²) < 4.78 is 0. The molecular formula is C14H16N2O2. The topological polar surface area (TPSA) is 89.3 Å². The lowest BCUT2D eigenvalue weighted by molar-refractivity contribution is -0.125. The van der Waals surface area contributed by atoms with E-state index in [2.05, 4.69) is 0 Å². The van der Waals surface area contributed by atoms with Gasteiger partial charge < -0.3 is 16.6 Å². The number of benzene rings is 2. The Morgan fingerprint density at radius 2 is 1.83 bits per heavy atom. The van der Waals surface area contributed by atoms with Gasteiger partial charge in [-0.2, -0.15) is 0 Å². The molecule has 0 saturated carbocycles. The third-order valence-electron chi connectivity index (χ3n) is 3.25. The predicted octanol–water partition coefficient (Wildman–Crippen LogP) is 0.860. The molecule has 2 aromatic rings. The average Bonchev–Trinajstić information content (AvgIpc) is 2.37. The van der Waals surface area contributed by atoms with Gasteiger partial charge in [0.15, 0.2) is 0 Å². The molecule has 4 nitrogen and oxygen atoms in total. The van der Waals surface area contributed by atoms with Gasteiger partial charge >= 0.3 is 0 Å². The molecule has 0 spiro atoms. The van der Waals surface area contributed by atoms with Crippen molar-refractivity contribution < 1.29 is 9.90 Å². The molecule has 4 heteroatoms. The van der Waals surface area contributed by atoms with Crippen molar-refractivity contribution in [3.8, 4) is 0 Å². The summed E-state index contributed by atoms with van der Waals surface area (Å²) in [5.41, 5.74) is 9.89. The fraction of sp³-hybridized carbons (Fsp3) is 0.214. The van der Waals surface area contributed by atoms with Crippen LogP contribution in [0.5, 0.6) is 0 Å². The molecule has 0 aliphatic rings. The van der Waals surface area contributed by atoms with Crippen molar-refractivity contribution in [3.05, 3.63) is 48.0 Å². The molecule has 0 bridgehead atoms. The molecule has 2 aromatic carbocycles. The number of amides is 1. The van der Waals surface area contributed by atoms with Gasteiger partial charge in [-0.15, -0.1) is 0 Å². The molecule has 1 amide bonds. The van der Waals surface area contributed by atoms with E-state index in [9.17, 15) is 9.90 Å². The minimum atomic E-state index is -1.48. The first-order chi connectivity index (χ1) is 8.43. The number of rotatable bonds is 3. The number of primary amides is 1. The highest BCUT2D eigenvalue weighted by Crippen LogP contribution is 2.26. The van der Waals surface area contributed by atoms with Gasteiger partial charge in [-0.3, -0.25) is 4.79 Å². The van der Waals surface area contributed by atoms with Crippen LogP contribution in [0.25, 0.3) is 10.8 Å². The van der Waals surface area contributed by atoms with E-state index in [0.717, 1.165) is 10.8 Å². The number of fused-ring (bicyclic) bond motifs is 1. The highest BCUT2D eigenvalue weighted by atomic mass is 16.3. The average molecular weight is 244 g/mol. The van der Waals surface area contributed by atoms with Gasteiger partial charge in [0.05, 0.1) is 0 Å². The Labute approximate surface area is 105 Å². The highest BCUT2D eigenvalue weighted by molar-refractivity contribution is 5.84. The Balaban J connectivity index is 2.50. The molecule has 0 radical (unpaired) electrons. The van der Waals surface area contributed by atoms with Crippen LogP contribution in [-0.4, -0.2) is 17.1 Å². The molecule has 0 saturated heterocycles. The minimum absolute atomic E-state index is 0.576. The van der Waals surface area contributed by atoms with E-state index in [1.165, 1.54) is 6.92 Å². The number of hydrogen-bond acceptors (Lipinski definition) is 3. The third kappa shape index (κ3) is 2.08. The lowest BCUT2D eigenvalue weighted by Crippen LogP contribution is -2.51. The number of carbonyl (C=O) groups is 1. The molecule has 2 rings (SSSR count). The fourth-order valence-corrected chi connectivity index (χ4v) is 1.96. The summed E-state index contributed by atoms with van der Waals surface area (Å²) in [6.45, 7) is 1.49. The van der Waals surface area contributed by atoms with Crippen LogP contribution in [0.15, 0.2) is 42.5 Å². The molecule has 0 aromatic heterocycles. The second-order valence-electron chi connectivity index (χ2n) is 4.59. The van der Waals surface area contributed by atoms with Crippen LogP contribution in [0, 0.1) is 0 Å². The van der Waals surface area contributed by atoms with E-state index in [1.54, 1.807) is 6.07 Å². The van der Waals surface area contributed by atoms with Gasteiger partial charge in [0.25, 0.3) is 0 Å². The summed E-state index contributed by atoms with van der Waals surface area (Å²) in [6.07, 6.45) is 0. The van der Waals surface area contributed by atoms with Gasteiger partial charge in [0, 0.05) is 0 Å². The first kappa shape index (κ1) is 12.5. The monoisotopic (exact) mass is 244 g/mol. The van der Waals surface area contributed by atoms with Crippen LogP contribution in [-0.2, 0) is 10.4 Å². The maximum atomic E-state index is 11.1. The summed E-state index contributed by atoms with van der Waals surface area (Å²) in [7, 11) is 0. The zero-order valence-electron chi connectivity index (χ0n) is 10.1. The Hall–Kier alpha value is -1.91. The first-order valence-corrected chi connectivity index (χ1v) is 5.69. The van der Waals surface area contributed by atoms with Crippen LogP contribution in [0.4, 0.5) is 0 Å². The van der Waals surface area contributed by atoms with Gasteiger partial charge in [0.1, 0.15) is 11.6 Å². The third-order valence-corrected chi connectivity index (χ3v) is 3.25. The van der Waals surface area contributed by atoms with Gasteiger partial charge in [-0.1, -0.05) is 36.4 Å². The summed E-state index contributed by atoms with van der Waals surface area (Å²) >= 11 is 0. The van der Waals surface area contributed by atoms with Crippen LogP contribution < -0.4 is 11.5 Å². The quantitative estimate of drug-likeness (QED) is 0.748. The lowest BCUT2D eigenvalue weighted by atomic mass is 9.87. The summed E-state index contributed by atoms with van der Waals surface area (Å²) in [6, 6.07) is 12.1. The Morgan fingerprint density at radius 3 is 2.44 bits per heavy atom. The summed E-state index contributed by atoms with van der Waals surface area (Å²) in [4.78, 5) is 11.1. The van der Waals surface area contributed by atoms with E-state index in [1.807, 2.05) is 36.4 Å². The minimum Gasteiger partial charge on any atom is -0.383 e. The molecular weight excluding hydrogens is 228 g/mol. The lowest BCUT2D eigenvalue weighted by Gasteiger charge is -2.28. The van der Waals surface area contributed by atoms with Gasteiger partial charge in [-0.05, 0) is 29.3 Å². The van der Waals surface area contributed by atoms with E-state index in [4.69, 9.17) is 11.5 Å². The summed E-state index contributed by atoms with van der Waals surface area (Å²) in [5, 5.41) is 12.4. The van der Waals surface area contributed by atoms with Crippen molar-refractivity contribution in [1.29, 1.82) is 0 Å². The molecule has 0 fully saturated rings. The van der Waals surface area contributed by atoms with E-state index < -0.39 is 17.6 Å². The number of hydrogen-bond donors (Lipinski definition) is 3. The molecule has 0 aliphatic carbocycles. The largest absolute Gasteiger partial charge is 0.383 e. The summed E-state index contributed by atoms with van der Waals surface area (Å²) in [5.74, 6) is -0.729. The highest BCUT2D eigenvalue weighted by Gasteiger charge is 2.34. The van der Waals surface area contributed by atoms with Crippen LogP contribution in [0.3, 0.4) is 0 Å². The number of nitrogens with two attached hydrogens (primary N) is 2. The predicted molar refractivity (Wildman–Crippen MR) is 70.7 cm³/mol. The van der Waals surface area contributed by atoms with E-state index >= 15 is 0 Å². The standard InChI is InChI=1S/C14H16N2O2/c1-14(18,12(15)13(16)17)11-7-6-9-4-2-3-5-10(9)8-11/h2-8,12,18H,15H2,1H3,(H2,16,17)/t12-,14+/m0/s1. The van der Waals surface area contributed by atoms with Crippen LogP contribution in [0.2, 0.25) is 0 Å². The zero-order chi connectivity index (χ0) is 13.3. The molecule has 0 aliphatic heterocycles. The van der Waals surface area contributed by atoms with Crippen molar-refractivity contribution in [1.82, 2.24) is 0 Å². The van der Waals surface area contributed by atoms with Crippen molar-refractivity contribution in [2.24, 2.45) is 11.5 Å². The maximum Gasteiger partial charge on any atom is 0.237 e. The van der Waals surface area contributed by atoms with Crippen molar-refractivity contribution in [2.45, 2.75) is 18.6 Å². The Morgan fingerprint density at radius 1 is 1.22 bits per heavy atom. The zero-order valence-corrected chi connectivity index (χ0v) is 10.1. The SMILES string of the molecule is C[C@@](O)(c1ccc2ccccc2c1)[C@@H](N)C(N)=O. The molecule has 18 heavy (non-hydrogen) atoms. The molecule has 0 unspecified atom stereocenters. The van der Waals surface area contributed by atoms with E-state index in [-0.39, 0.29) is 0 Å². The van der Waals surface area contributed by atoms with Crippen molar-refractivity contribution in [3.63, 3.8) is 0 Å². The molecule has 94 valence electrons. The Kier molecular flexibility index (Phi) is 3.07. The van der Waals surface area contributed by atoms with Crippen molar-refractivity contribution in [2.75, 3.05) is 0 Å². The molecule has 0 heterocycles. The number of aliphatic hydroxyl groups is 1. The first-order valence-electron chi connectivity index (χ1n) is 5.69. The fourth-order valence-electron chi connectivity index (χ4n) is 1.96. The molecule has 2 atom stereocenters. The Bertz CT molecular complexity index is 593.